The first-order chi connectivity index (χ1) is 8.58. The van der Waals surface area contributed by atoms with E-state index in [4.69, 9.17) is 23.2 Å². The van der Waals surface area contributed by atoms with Crippen LogP contribution in [0.5, 0.6) is 0 Å². The summed E-state index contributed by atoms with van der Waals surface area (Å²) in [5.41, 5.74) is 0.432. The van der Waals surface area contributed by atoms with Crippen molar-refractivity contribution in [2.75, 3.05) is 5.32 Å². The summed E-state index contributed by atoms with van der Waals surface area (Å²) in [6.45, 7) is 0. The van der Waals surface area contributed by atoms with Gasteiger partial charge in [0, 0.05) is 10.6 Å². The van der Waals surface area contributed by atoms with Crippen molar-refractivity contribution in [2.45, 2.75) is 0 Å². The Hall–Kier alpha value is -1.58. The molecule has 0 atom stereocenters. The van der Waals surface area contributed by atoms with Crippen molar-refractivity contribution >= 4 is 34.8 Å². The van der Waals surface area contributed by atoms with Crippen LogP contribution in [0.3, 0.4) is 0 Å². The van der Waals surface area contributed by atoms with Crippen LogP contribution in [0.15, 0.2) is 42.5 Å². The van der Waals surface area contributed by atoms with Crippen molar-refractivity contribution in [3.05, 3.63) is 63.9 Å². The first-order valence-corrected chi connectivity index (χ1v) is 5.84. The molecule has 2 aromatic carbocycles. The van der Waals surface area contributed by atoms with Crippen molar-refractivity contribution in [1.29, 1.82) is 0 Å². The Kier molecular flexibility index (Phi) is 3.84. The van der Waals surface area contributed by atoms with E-state index >= 15 is 0 Å². The van der Waals surface area contributed by atoms with Gasteiger partial charge in [-0.25, -0.2) is 4.39 Å². The van der Waals surface area contributed by atoms with Gasteiger partial charge in [-0.05, 0) is 36.4 Å². The van der Waals surface area contributed by atoms with Crippen molar-refractivity contribution < 1.29 is 9.18 Å². The van der Waals surface area contributed by atoms with E-state index in [1.165, 1.54) is 12.1 Å². The van der Waals surface area contributed by atoms with E-state index in [0.29, 0.717) is 10.6 Å². The van der Waals surface area contributed by atoms with Gasteiger partial charge in [-0.3, -0.25) is 4.79 Å². The number of nitrogens with one attached hydrogen (secondary N) is 1. The molecule has 1 amide bonds. The summed E-state index contributed by atoms with van der Waals surface area (Å²) in [4.78, 5) is 11.8. The van der Waals surface area contributed by atoms with E-state index in [0.717, 1.165) is 0 Å². The Morgan fingerprint density at radius 1 is 1.06 bits per heavy atom. The van der Waals surface area contributed by atoms with Gasteiger partial charge in [0.05, 0.1) is 10.7 Å². The van der Waals surface area contributed by atoms with Crippen LogP contribution in [0.2, 0.25) is 10.0 Å². The van der Waals surface area contributed by atoms with E-state index in [1.807, 2.05) is 0 Å². The second kappa shape index (κ2) is 5.38. The van der Waals surface area contributed by atoms with Gasteiger partial charge in [-0.1, -0.05) is 29.3 Å². The molecule has 0 radical (unpaired) electrons. The van der Waals surface area contributed by atoms with E-state index in [1.54, 1.807) is 30.3 Å². The molecule has 2 rings (SSSR count). The van der Waals surface area contributed by atoms with Gasteiger partial charge in [0.15, 0.2) is 5.82 Å². The minimum atomic E-state index is -0.651. The quantitative estimate of drug-likeness (QED) is 0.870. The summed E-state index contributed by atoms with van der Waals surface area (Å²) in [6.07, 6.45) is 0. The van der Waals surface area contributed by atoms with Gasteiger partial charge in [0.1, 0.15) is 0 Å². The fourth-order valence-electron chi connectivity index (χ4n) is 1.40. The van der Waals surface area contributed by atoms with E-state index < -0.39 is 11.7 Å². The lowest BCUT2D eigenvalue weighted by atomic mass is 10.2. The standard InChI is InChI=1S/C13H8Cl2FNO/c14-9-6-4-8(5-7-9)13(18)17-11-3-1-2-10(15)12(11)16/h1-7H,(H,17,18). The van der Waals surface area contributed by atoms with Gasteiger partial charge in [0.25, 0.3) is 5.91 Å². The lowest BCUT2D eigenvalue weighted by Crippen LogP contribution is -2.12. The molecule has 0 aromatic heterocycles. The number of hydrogen-bond acceptors (Lipinski definition) is 1. The molecule has 0 bridgehead atoms. The third-order valence-electron chi connectivity index (χ3n) is 2.31. The third-order valence-corrected chi connectivity index (χ3v) is 2.85. The number of hydrogen-bond donors (Lipinski definition) is 1. The van der Waals surface area contributed by atoms with Crippen LogP contribution in [0.25, 0.3) is 0 Å². The molecule has 1 N–H and O–H groups in total. The van der Waals surface area contributed by atoms with Crippen LogP contribution in [-0.2, 0) is 0 Å². The number of anilines is 1. The second-order valence-corrected chi connectivity index (χ2v) is 4.41. The highest BCUT2D eigenvalue weighted by molar-refractivity contribution is 6.31. The second-order valence-electron chi connectivity index (χ2n) is 3.56. The van der Waals surface area contributed by atoms with Crippen LogP contribution in [0.1, 0.15) is 10.4 Å². The minimum absolute atomic E-state index is 0.0380. The molecule has 5 heteroatoms. The summed E-state index contributed by atoms with van der Waals surface area (Å²) in [5.74, 6) is -1.07. The average Bonchev–Trinajstić information content (AvgIpc) is 2.36. The van der Waals surface area contributed by atoms with Crippen LogP contribution in [0, 0.1) is 5.82 Å². The maximum Gasteiger partial charge on any atom is 0.255 e. The van der Waals surface area contributed by atoms with Gasteiger partial charge in [-0.15, -0.1) is 0 Å². The maximum absolute atomic E-state index is 13.6. The highest BCUT2D eigenvalue weighted by atomic mass is 35.5. The summed E-state index contributed by atoms with van der Waals surface area (Å²) in [7, 11) is 0. The van der Waals surface area contributed by atoms with Crippen LogP contribution in [0.4, 0.5) is 10.1 Å². The first-order valence-electron chi connectivity index (χ1n) is 5.09. The molecule has 0 aliphatic heterocycles. The SMILES string of the molecule is O=C(Nc1cccc(Cl)c1F)c1ccc(Cl)cc1. The molecule has 0 aliphatic carbocycles. The number of carbonyl (C=O) groups is 1. The average molecular weight is 284 g/mol. The van der Waals surface area contributed by atoms with Gasteiger partial charge >= 0.3 is 0 Å². The predicted octanol–water partition coefficient (Wildman–Crippen LogP) is 4.38. The maximum atomic E-state index is 13.6. The molecule has 0 unspecified atom stereocenters. The van der Waals surface area contributed by atoms with Crippen molar-refractivity contribution in [2.24, 2.45) is 0 Å². The van der Waals surface area contributed by atoms with Gasteiger partial charge < -0.3 is 5.32 Å². The van der Waals surface area contributed by atoms with Gasteiger partial charge in [0.2, 0.25) is 0 Å². The molecule has 0 spiro atoms. The van der Waals surface area contributed by atoms with Gasteiger partial charge in [-0.2, -0.15) is 0 Å². The molecule has 2 aromatic rings. The van der Waals surface area contributed by atoms with Crippen LogP contribution >= 0.6 is 23.2 Å². The summed E-state index contributed by atoms with van der Waals surface area (Å²) >= 11 is 11.3. The molecule has 0 saturated carbocycles. The topological polar surface area (TPSA) is 29.1 Å². The lowest BCUT2D eigenvalue weighted by molar-refractivity contribution is 0.102. The Balaban J connectivity index is 2.21. The van der Waals surface area contributed by atoms with E-state index in [9.17, 15) is 9.18 Å². The summed E-state index contributed by atoms with van der Waals surface area (Å²) in [6, 6.07) is 10.7. The Morgan fingerprint density at radius 2 is 1.72 bits per heavy atom. The van der Waals surface area contributed by atoms with Crippen LogP contribution < -0.4 is 5.32 Å². The molecular weight excluding hydrogens is 276 g/mol. The Morgan fingerprint density at radius 3 is 2.39 bits per heavy atom. The molecule has 0 heterocycles. The first kappa shape index (κ1) is 12.9. The fraction of sp³-hybridized carbons (Fsp3) is 0. The Labute approximate surface area is 113 Å². The molecule has 92 valence electrons. The van der Waals surface area contributed by atoms with E-state index in [2.05, 4.69) is 5.32 Å². The highest BCUT2D eigenvalue weighted by Crippen LogP contribution is 2.22. The van der Waals surface area contributed by atoms with E-state index in [-0.39, 0.29) is 10.7 Å². The molecule has 0 saturated heterocycles. The van der Waals surface area contributed by atoms with Crippen LogP contribution in [-0.4, -0.2) is 5.91 Å². The zero-order chi connectivity index (χ0) is 13.1. The Bertz CT molecular complexity index is 584. The summed E-state index contributed by atoms with van der Waals surface area (Å²) in [5, 5.41) is 2.94. The van der Waals surface area contributed by atoms with Crippen molar-refractivity contribution in [3.63, 3.8) is 0 Å². The van der Waals surface area contributed by atoms with Crippen molar-refractivity contribution in [3.8, 4) is 0 Å². The number of rotatable bonds is 2. The monoisotopic (exact) mass is 283 g/mol. The summed E-state index contributed by atoms with van der Waals surface area (Å²) < 4.78 is 13.6. The predicted molar refractivity (Wildman–Crippen MR) is 70.8 cm³/mol. The number of benzene rings is 2. The third kappa shape index (κ3) is 2.81. The molecule has 2 nitrogen and oxygen atoms in total. The molecular formula is C13H8Cl2FNO. The number of amides is 1. The molecule has 0 fully saturated rings. The normalized spacial score (nSPS) is 10.2. The zero-order valence-electron chi connectivity index (χ0n) is 9.08. The molecule has 0 aliphatic rings. The lowest BCUT2D eigenvalue weighted by Gasteiger charge is -2.07. The molecule has 18 heavy (non-hydrogen) atoms. The zero-order valence-corrected chi connectivity index (χ0v) is 10.6. The largest absolute Gasteiger partial charge is 0.319 e. The fourth-order valence-corrected chi connectivity index (χ4v) is 1.70. The van der Waals surface area contributed by atoms with Crippen molar-refractivity contribution in [1.82, 2.24) is 0 Å². The minimum Gasteiger partial charge on any atom is -0.319 e. The highest BCUT2D eigenvalue weighted by Gasteiger charge is 2.11. The smallest absolute Gasteiger partial charge is 0.255 e. The number of carbonyl (C=O) groups excluding carboxylic acids is 1. The number of halogens is 3.